The van der Waals surface area contributed by atoms with Crippen molar-refractivity contribution in [1.82, 2.24) is 0 Å². The Balaban J connectivity index is 1.52. The summed E-state index contributed by atoms with van der Waals surface area (Å²) in [5.74, 6) is 3.65. The van der Waals surface area contributed by atoms with Crippen molar-refractivity contribution in [3.05, 3.63) is 12.2 Å². The SMILES string of the molecule is C=C(C)[C@@H]1CC[C@]2(CO[Si](C)(C)C)CC[C@]3(C)[C@H](CC[C@@H]4[C@@]5(C)CC[C@H](O)C(C)(C)[C@@H]5CC[C@]43C)[C@@H]12. The van der Waals surface area contributed by atoms with E-state index in [4.69, 9.17) is 4.43 Å². The van der Waals surface area contributed by atoms with Crippen LogP contribution in [-0.2, 0) is 4.43 Å². The molecular formula is C33H58O2Si. The lowest BCUT2D eigenvalue weighted by molar-refractivity contribution is -0.249. The van der Waals surface area contributed by atoms with Crippen LogP contribution in [0.3, 0.4) is 0 Å². The molecule has 5 fully saturated rings. The van der Waals surface area contributed by atoms with Gasteiger partial charge >= 0.3 is 0 Å². The molecule has 36 heavy (non-hydrogen) atoms. The molecule has 0 bridgehead atoms. The lowest BCUT2D eigenvalue weighted by Gasteiger charge is -2.73. The molecular weight excluding hydrogens is 456 g/mol. The van der Waals surface area contributed by atoms with E-state index in [1.54, 1.807) is 0 Å². The Bertz CT molecular complexity index is 889. The maximum Gasteiger partial charge on any atom is 0.183 e. The van der Waals surface area contributed by atoms with Crippen molar-refractivity contribution in [3.63, 3.8) is 0 Å². The fourth-order valence-corrected chi connectivity index (χ4v) is 12.6. The molecule has 5 rings (SSSR count). The molecule has 0 radical (unpaired) electrons. The molecule has 5 aliphatic rings. The zero-order chi connectivity index (χ0) is 26.5. The van der Waals surface area contributed by atoms with Gasteiger partial charge in [0.15, 0.2) is 8.32 Å². The van der Waals surface area contributed by atoms with Crippen LogP contribution in [-0.4, -0.2) is 26.1 Å². The average molecular weight is 515 g/mol. The van der Waals surface area contributed by atoms with E-state index >= 15 is 0 Å². The Morgan fingerprint density at radius 2 is 1.53 bits per heavy atom. The fourth-order valence-electron chi connectivity index (χ4n) is 11.9. The fraction of sp³-hybridized carbons (Fsp3) is 0.939. The van der Waals surface area contributed by atoms with Crippen LogP contribution >= 0.6 is 0 Å². The Morgan fingerprint density at radius 1 is 0.833 bits per heavy atom. The second-order valence-electron chi connectivity index (χ2n) is 16.8. The predicted molar refractivity (Wildman–Crippen MR) is 154 cm³/mol. The van der Waals surface area contributed by atoms with E-state index in [0.717, 1.165) is 30.8 Å². The standard InChI is InChI=1S/C33H58O2Si/c1-22(2)23-13-18-33(21-35-36(8,9)10)20-19-31(6)24(28(23)33)11-12-26-30(5)16-15-27(34)29(3,4)25(30)14-17-32(26,31)7/h23-28,34H,1,11-21H2,2-10H3/t23-,24+,25-,26+,27-,28+,30-,31+,32+,33+/m0/s1. The molecule has 0 amide bonds. The van der Waals surface area contributed by atoms with Gasteiger partial charge in [0.25, 0.3) is 0 Å². The minimum atomic E-state index is -1.55. The van der Waals surface area contributed by atoms with Crippen LogP contribution < -0.4 is 0 Å². The molecule has 0 spiro atoms. The summed E-state index contributed by atoms with van der Waals surface area (Å²) in [6.45, 7) is 27.9. The third-order valence-corrected chi connectivity index (χ3v) is 15.0. The maximum atomic E-state index is 11.0. The molecule has 10 atom stereocenters. The lowest BCUT2D eigenvalue weighted by atomic mass is 9.32. The van der Waals surface area contributed by atoms with Crippen LogP contribution in [0.4, 0.5) is 0 Å². The summed E-state index contributed by atoms with van der Waals surface area (Å²) in [5.41, 5.74) is 3.00. The zero-order valence-electron chi connectivity index (χ0n) is 25.3. The van der Waals surface area contributed by atoms with Crippen LogP contribution in [0.15, 0.2) is 12.2 Å². The summed E-state index contributed by atoms with van der Waals surface area (Å²) in [4.78, 5) is 0. The van der Waals surface area contributed by atoms with Gasteiger partial charge in [0.2, 0.25) is 0 Å². The number of allylic oxidation sites excluding steroid dienone is 1. The van der Waals surface area contributed by atoms with Gasteiger partial charge in [0, 0.05) is 6.61 Å². The zero-order valence-corrected chi connectivity index (χ0v) is 26.3. The second-order valence-corrected chi connectivity index (χ2v) is 21.3. The predicted octanol–water partition coefficient (Wildman–Crippen LogP) is 8.86. The van der Waals surface area contributed by atoms with E-state index in [9.17, 15) is 5.11 Å². The Morgan fingerprint density at radius 3 is 2.17 bits per heavy atom. The van der Waals surface area contributed by atoms with Crippen molar-refractivity contribution in [2.24, 2.45) is 56.7 Å². The van der Waals surface area contributed by atoms with Gasteiger partial charge in [-0.1, -0.05) is 46.8 Å². The van der Waals surface area contributed by atoms with Crippen molar-refractivity contribution in [2.45, 2.75) is 131 Å². The Kier molecular flexibility index (Phi) is 6.43. The van der Waals surface area contributed by atoms with Gasteiger partial charge in [-0.2, -0.15) is 0 Å². The summed E-state index contributed by atoms with van der Waals surface area (Å²) >= 11 is 0. The Labute approximate surface area is 224 Å². The summed E-state index contributed by atoms with van der Waals surface area (Å²) < 4.78 is 6.75. The number of fused-ring (bicyclic) bond motifs is 7. The topological polar surface area (TPSA) is 29.5 Å². The lowest BCUT2D eigenvalue weighted by Crippen LogP contribution is -2.66. The van der Waals surface area contributed by atoms with E-state index in [-0.39, 0.29) is 11.5 Å². The van der Waals surface area contributed by atoms with Gasteiger partial charge in [-0.25, -0.2) is 0 Å². The molecule has 0 unspecified atom stereocenters. The van der Waals surface area contributed by atoms with Crippen LogP contribution in [0.25, 0.3) is 0 Å². The molecule has 2 nitrogen and oxygen atoms in total. The molecule has 0 heterocycles. The molecule has 0 aliphatic heterocycles. The number of aliphatic hydroxyl groups excluding tert-OH is 1. The smallest absolute Gasteiger partial charge is 0.183 e. The van der Waals surface area contributed by atoms with E-state index in [1.165, 1.54) is 63.4 Å². The van der Waals surface area contributed by atoms with E-state index in [0.29, 0.717) is 33.5 Å². The summed E-state index contributed by atoms with van der Waals surface area (Å²) in [6, 6.07) is 0. The van der Waals surface area contributed by atoms with Crippen molar-refractivity contribution in [2.75, 3.05) is 6.61 Å². The van der Waals surface area contributed by atoms with Crippen LogP contribution in [0, 0.1) is 56.7 Å². The number of hydrogen-bond donors (Lipinski definition) is 1. The molecule has 1 N–H and O–H groups in total. The molecule has 206 valence electrons. The first-order valence-electron chi connectivity index (χ1n) is 15.5. The highest BCUT2D eigenvalue weighted by molar-refractivity contribution is 6.69. The minimum Gasteiger partial charge on any atom is -0.417 e. The van der Waals surface area contributed by atoms with Gasteiger partial charge < -0.3 is 9.53 Å². The molecule has 0 aromatic rings. The highest BCUT2D eigenvalue weighted by Gasteiger charge is 2.70. The Hall–Kier alpha value is -0.123. The molecule has 3 heteroatoms. The van der Waals surface area contributed by atoms with E-state index in [2.05, 4.69) is 67.8 Å². The third kappa shape index (κ3) is 3.67. The first-order chi connectivity index (χ1) is 16.5. The highest BCUT2D eigenvalue weighted by atomic mass is 28.4. The molecule has 5 aliphatic carbocycles. The first-order valence-corrected chi connectivity index (χ1v) is 18.9. The third-order valence-electron chi connectivity index (χ3n) is 14.0. The molecule has 0 saturated heterocycles. The highest BCUT2D eigenvalue weighted by Crippen LogP contribution is 2.77. The van der Waals surface area contributed by atoms with Gasteiger partial charge in [-0.05, 0) is 147 Å². The maximum absolute atomic E-state index is 11.0. The van der Waals surface area contributed by atoms with Gasteiger partial charge in [-0.3, -0.25) is 0 Å². The summed E-state index contributed by atoms with van der Waals surface area (Å²) in [6.07, 6.45) is 12.9. The molecule has 0 aromatic carbocycles. The van der Waals surface area contributed by atoms with Crippen molar-refractivity contribution >= 4 is 8.32 Å². The van der Waals surface area contributed by atoms with Crippen molar-refractivity contribution < 1.29 is 9.53 Å². The largest absolute Gasteiger partial charge is 0.417 e. The van der Waals surface area contributed by atoms with Gasteiger partial charge in [0.05, 0.1) is 6.10 Å². The number of aliphatic hydroxyl groups is 1. The van der Waals surface area contributed by atoms with E-state index < -0.39 is 8.32 Å². The van der Waals surface area contributed by atoms with Crippen molar-refractivity contribution in [3.8, 4) is 0 Å². The minimum absolute atomic E-state index is 0.0402. The monoisotopic (exact) mass is 514 g/mol. The van der Waals surface area contributed by atoms with E-state index in [1.807, 2.05) is 0 Å². The average Bonchev–Trinajstić information content (AvgIpc) is 3.16. The number of hydrogen-bond acceptors (Lipinski definition) is 2. The van der Waals surface area contributed by atoms with Gasteiger partial charge in [0.1, 0.15) is 0 Å². The second kappa shape index (κ2) is 8.44. The van der Waals surface area contributed by atoms with Crippen LogP contribution in [0.1, 0.15) is 106 Å². The quantitative estimate of drug-likeness (QED) is 0.300. The molecule has 0 aromatic heterocycles. The number of rotatable bonds is 4. The van der Waals surface area contributed by atoms with Crippen molar-refractivity contribution in [1.29, 1.82) is 0 Å². The van der Waals surface area contributed by atoms with Crippen LogP contribution in [0.5, 0.6) is 0 Å². The summed E-state index contributed by atoms with van der Waals surface area (Å²) in [5, 5.41) is 11.0. The summed E-state index contributed by atoms with van der Waals surface area (Å²) in [7, 11) is -1.55. The normalized spacial score (nSPS) is 52.1. The van der Waals surface area contributed by atoms with Gasteiger partial charge in [-0.15, -0.1) is 0 Å². The first kappa shape index (κ1) is 27.4. The molecule has 5 saturated carbocycles. The van der Waals surface area contributed by atoms with Crippen LogP contribution in [0.2, 0.25) is 19.6 Å².